The standard InChI is InChI=1S/C22H25N3O3/c1-14-2-4-15(5-3-14)13-25-9-8-20(22(25)28)24-12-21(27)18-11-23-19-7-6-16(26)10-17(18)19/h2-7,10-11,20-21,23-24,26-27H,8-9,12-13H2,1H3. The Bertz CT molecular complexity index is 980. The number of carbonyl (C=O) groups is 1. The van der Waals surface area contributed by atoms with Gasteiger partial charge in [-0.3, -0.25) is 4.79 Å². The number of amides is 1. The Kier molecular flexibility index (Phi) is 5.07. The Hall–Kier alpha value is -2.83. The lowest BCUT2D eigenvalue weighted by Gasteiger charge is -2.18. The zero-order valence-electron chi connectivity index (χ0n) is 15.9. The van der Waals surface area contributed by atoms with E-state index in [-0.39, 0.29) is 24.2 Å². The topological polar surface area (TPSA) is 88.6 Å². The van der Waals surface area contributed by atoms with Crippen LogP contribution in [0.15, 0.2) is 48.7 Å². The summed E-state index contributed by atoms with van der Waals surface area (Å²) in [4.78, 5) is 17.6. The number of aromatic hydroxyl groups is 1. The number of aromatic nitrogens is 1. The number of hydrogen-bond acceptors (Lipinski definition) is 4. The second kappa shape index (κ2) is 7.66. The molecular weight excluding hydrogens is 354 g/mol. The molecule has 6 nitrogen and oxygen atoms in total. The van der Waals surface area contributed by atoms with Crippen LogP contribution < -0.4 is 5.32 Å². The van der Waals surface area contributed by atoms with Gasteiger partial charge >= 0.3 is 0 Å². The molecule has 1 aliphatic heterocycles. The van der Waals surface area contributed by atoms with Crippen molar-refractivity contribution >= 4 is 16.8 Å². The molecule has 1 fully saturated rings. The van der Waals surface area contributed by atoms with E-state index in [1.807, 2.05) is 11.8 Å². The number of aromatic amines is 1. The van der Waals surface area contributed by atoms with Gasteiger partial charge < -0.3 is 25.4 Å². The normalized spacial score (nSPS) is 18.1. The molecular formula is C22H25N3O3. The molecule has 0 saturated carbocycles. The van der Waals surface area contributed by atoms with Crippen LogP contribution >= 0.6 is 0 Å². The van der Waals surface area contributed by atoms with E-state index < -0.39 is 6.10 Å². The van der Waals surface area contributed by atoms with Crippen LogP contribution in [0.25, 0.3) is 10.9 Å². The molecule has 146 valence electrons. The van der Waals surface area contributed by atoms with Crippen LogP contribution in [0.5, 0.6) is 5.75 Å². The second-order valence-corrected chi connectivity index (χ2v) is 7.48. The summed E-state index contributed by atoms with van der Waals surface area (Å²) in [5.74, 6) is 0.232. The largest absolute Gasteiger partial charge is 0.508 e. The number of phenolic OH excluding ortho intramolecular Hbond substituents is 1. The van der Waals surface area contributed by atoms with Crippen molar-refractivity contribution in [2.75, 3.05) is 13.1 Å². The fraction of sp³-hybridized carbons (Fsp3) is 0.318. The number of phenols is 1. The molecule has 4 rings (SSSR count). The SMILES string of the molecule is Cc1ccc(CN2CCC(NCC(O)c3c[nH]c4ccc(O)cc34)C2=O)cc1. The molecule has 4 N–H and O–H groups in total. The maximum atomic E-state index is 12.7. The number of aliphatic hydroxyl groups excluding tert-OH is 1. The number of fused-ring (bicyclic) bond motifs is 1. The van der Waals surface area contributed by atoms with Crippen molar-refractivity contribution in [3.63, 3.8) is 0 Å². The van der Waals surface area contributed by atoms with Gasteiger partial charge in [0.05, 0.1) is 12.1 Å². The first-order valence-corrected chi connectivity index (χ1v) is 9.57. The lowest BCUT2D eigenvalue weighted by molar-refractivity contribution is -0.130. The van der Waals surface area contributed by atoms with Crippen molar-refractivity contribution in [3.8, 4) is 5.75 Å². The Labute approximate surface area is 163 Å². The predicted molar refractivity (Wildman–Crippen MR) is 108 cm³/mol. The van der Waals surface area contributed by atoms with Gasteiger partial charge in [-0.05, 0) is 37.1 Å². The summed E-state index contributed by atoms with van der Waals surface area (Å²) in [5.41, 5.74) is 3.89. The highest BCUT2D eigenvalue weighted by atomic mass is 16.3. The van der Waals surface area contributed by atoms with Crippen LogP contribution in [-0.2, 0) is 11.3 Å². The number of rotatable bonds is 6. The van der Waals surface area contributed by atoms with E-state index in [1.54, 1.807) is 24.4 Å². The van der Waals surface area contributed by atoms with E-state index in [9.17, 15) is 15.0 Å². The van der Waals surface area contributed by atoms with Gasteiger partial charge in [-0.2, -0.15) is 0 Å². The Morgan fingerprint density at radius 1 is 1.25 bits per heavy atom. The minimum absolute atomic E-state index is 0.0735. The third-order valence-electron chi connectivity index (χ3n) is 5.41. The third-order valence-corrected chi connectivity index (χ3v) is 5.41. The molecule has 2 atom stereocenters. The number of aliphatic hydroxyl groups is 1. The van der Waals surface area contributed by atoms with Crippen molar-refractivity contribution < 1.29 is 15.0 Å². The maximum Gasteiger partial charge on any atom is 0.240 e. The highest BCUT2D eigenvalue weighted by Crippen LogP contribution is 2.27. The van der Waals surface area contributed by atoms with E-state index in [4.69, 9.17) is 0 Å². The summed E-state index contributed by atoms with van der Waals surface area (Å²) in [6, 6.07) is 13.0. The predicted octanol–water partition coefficient (Wildman–Crippen LogP) is 2.61. The maximum absolute atomic E-state index is 12.7. The Morgan fingerprint density at radius 3 is 2.82 bits per heavy atom. The molecule has 2 unspecified atom stereocenters. The van der Waals surface area contributed by atoms with Crippen molar-refractivity contribution in [1.82, 2.24) is 15.2 Å². The van der Waals surface area contributed by atoms with Crippen LogP contribution in [0.3, 0.4) is 0 Å². The Balaban J connectivity index is 1.36. The van der Waals surface area contributed by atoms with E-state index >= 15 is 0 Å². The molecule has 0 bridgehead atoms. The smallest absolute Gasteiger partial charge is 0.240 e. The number of hydrogen-bond donors (Lipinski definition) is 4. The number of H-pyrrole nitrogens is 1. The molecule has 0 spiro atoms. The third kappa shape index (κ3) is 3.74. The van der Waals surface area contributed by atoms with Crippen LogP contribution in [-0.4, -0.2) is 45.1 Å². The molecule has 3 aromatic rings. The summed E-state index contributed by atoms with van der Waals surface area (Å²) in [7, 11) is 0. The average Bonchev–Trinajstić information content (AvgIpc) is 3.25. The lowest BCUT2D eigenvalue weighted by Crippen LogP contribution is -2.39. The fourth-order valence-corrected chi connectivity index (χ4v) is 3.77. The first-order valence-electron chi connectivity index (χ1n) is 9.57. The number of aryl methyl sites for hydroxylation is 1. The molecule has 1 aromatic heterocycles. The molecule has 6 heteroatoms. The second-order valence-electron chi connectivity index (χ2n) is 7.48. The number of nitrogens with one attached hydrogen (secondary N) is 2. The molecule has 1 aliphatic rings. The lowest BCUT2D eigenvalue weighted by atomic mass is 10.1. The summed E-state index contributed by atoms with van der Waals surface area (Å²) >= 11 is 0. The van der Waals surface area contributed by atoms with Crippen molar-refractivity contribution in [2.24, 2.45) is 0 Å². The summed E-state index contributed by atoms with van der Waals surface area (Å²) in [5, 5.41) is 24.3. The molecule has 2 aromatic carbocycles. The molecule has 28 heavy (non-hydrogen) atoms. The van der Waals surface area contributed by atoms with Crippen LogP contribution in [0.2, 0.25) is 0 Å². The molecule has 0 aliphatic carbocycles. The molecule has 1 amide bonds. The number of carbonyl (C=O) groups excluding carboxylic acids is 1. The van der Waals surface area contributed by atoms with E-state index in [2.05, 4.69) is 34.6 Å². The number of likely N-dealkylation sites (tertiary alicyclic amines) is 1. The van der Waals surface area contributed by atoms with Gasteiger partial charge in [0.25, 0.3) is 0 Å². The quantitative estimate of drug-likeness (QED) is 0.530. The molecule has 1 saturated heterocycles. The summed E-state index contributed by atoms with van der Waals surface area (Å²) < 4.78 is 0. The molecule has 2 heterocycles. The van der Waals surface area contributed by atoms with Gasteiger partial charge in [-0.25, -0.2) is 0 Å². The van der Waals surface area contributed by atoms with Crippen LogP contribution in [0.4, 0.5) is 0 Å². The van der Waals surface area contributed by atoms with Crippen LogP contribution in [0, 0.1) is 6.92 Å². The first kappa shape index (κ1) is 18.5. The van der Waals surface area contributed by atoms with Gasteiger partial charge in [0, 0.05) is 42.3 Å². The Morgan fingerprint density at radius 2 is 2.04 bits per heavy atom. The van der Waals surface area contributed by atoms with E-state index in [0.717, 1.165) is 22.9 Å². The highest BCUT2D eigenvalue weighted by molar-refractivity contribution is 5.85. The number of benzene rings is 2. The highest BCUT2D eigenvalue weighted by Gasteiger charge is 2.31. The minimum Gasteiger partial charge on any atom is -0.508 e. The first-order chi connectivity index (χ1) is 13.5. The van der Waals surface area contributed by atoms with Gasteiger partial charge in [-0.1, -0.05) is 29.8 Å². The average molecular weight is 379 g/mol. The van der Waals surface area contributed by atoms with Gasteiger partial charge in [0.2, 0.25) is 5.91 Å². The van der Waals surface area contributed by atoms with Gasteiger partial charge in [0.1, 0.15) is 5.75 Å². The van der Waals surface area contributed by atoms with E-state index in [0.29, 0.717) is 18.7 Å². The van der Waals surface area contributed by atoms with Crippen molar-refractivity contribution in [1.29, 1.82) is 0 Å². The minimum atomic E-state index is -0.769. The fourth-order valence-electron chi connectivity index (χ4n) is 3.77. The zero-order chi connectivity index (χ0) is 19.7. The summed E-state index contributed by atoms with van der Waals surface area (Å²) in [6.45, 7) is 3.64. The summed E-state index contributed by atoms with van der Waals surface area (Å²) in [6.07, 6.45) is 1.71. The van der Waals surface area contributed by atoms with Gasteiger partial charge in [0.15, 0.2) is 0 Å². The van der Waals surface area contributed by atoms with Crippen LogP contribution in [0.1, 0.15) is 29.2 Å². The van der Waals surface area contributed by atoms with Crippen molar-refractivity contribution in [2.45, 2.75) is 32.0 Å². The molecule has 0 radical (unpaired) electrons. The van der Waals surface area contributed by atoms with Crippen molar-refractivity contribution in [3.05, 3.63) is 65.4 Å². The number of nitrogens with zero attached hydrogens (tertiary/aromatic N) is 1. The monoisotopic (exact) mass is 379 g/mol. The van der Waals surface area contributed by atoms with Gasteiger partial charge in [-0.15, -0.1) is 0 Å². The zero-order valence-corrected chi connectivity index (χ0v) is 15.9. The van der Waals surface area contributed by atoms with E-state index in [1.165, 1.54) is 5.56 Å².